The van der Waals surface area contributed by atoms with Crippen molar-refractivity contribution < 1.29 is 9.59 Å². The quantitative estimate of drug-likeness (QED) is 0.250. The van der Waals surface area contributed by atoms with Crippen molar-refractivity contribution in [1.82, 2.24) is 30.4 Å². The summed E-state index contributed by atoms with van der Waals surface area (Å²) in [5.41, 5.74) is 5.20. The number of Topliss-reactive ketones (excluding diaryl/α,β-unsaturated/α-hetero) is 2. The predicted molar refractivity (Wildman–Crippen MR) is 151 cm³/mol. The van der Waals surface area contributed by atoms with Crippen LogP contribution in [0.15, 0.2) is 73.1 Å². The van der Waals surface area contributed by atoms with Gasteiger partial charge >= 0.3 is 0 Å². The maximum Gasteiger partial charge on any atom is 0.139 e. The fraction of sp³-hybridized carbons (Fsp3) is 0.375. The lowest BCUT2D eigenvalue weighted by Crippen LogP contribution is -2.17. The van der Waals surface area contributed by atoms with Gasteiger partial charge in [0.2, 0.25) is 0 Å². The van der Waals surface area contributed by atoms with E-state index < -0.39 is 0 Å². The molecule has 1 aliphatic rings. The minimum absolute atomic E-state index is 0.141. The van der Waals surface area contributed by atoms with Crippen LogP contribution in [-0.4, -0.2) is 41.9 Å². The van der Waals surface area contributed by atoms with Crippen LogP contribution in [-0.2, 0) is 35.3 Å². The van der Waals surface area contributed by atoms with Crippen molar-refractivity contribution in [2.75, 3.05) is 0 Å². The van der Waals surface area contributed by atoms with Crippen LogP contribution in [0.25, 0.3) is 0 Å². The van der Waals surface area contributed by atoms with Crippen molar-refractivity contribution in [3.8, 4) is 0 Å². The molecule has 8 heteroatoms. The smallest absolute Gasteiger partial charge is 0.139 e. The highest BCUT2D eigenvalue weighted by molar-refractivity contribution is 5.81. The molecule has 1 aliphatic carbocycles. The maximum absolute atomic E-state index is 12.4. The Labute approximate surface area is 234 Å². The van der Waals surface area contributed by atoms with E-state index in [0.717, 1.165) is 48.5 Å². The summed E-state index contributed by atoms with van der Waals surface area (Å²) < 4.78 is 0. The molecule has 0 N–H and O–H groups in total. The molecule has 0 aliphatic heterocycles. The van der Waals surface area contributed by atoms with E-state index in [0.29, 0.717) is 61.7 Å². The van der Waals surface area contributed by atoms with E-state index in [1.165, 1.54) is 0 Å². The Hall–Kier alpha value is -4.20. The number of ketones is 2. The number of hydrogen-bond acceptors (Lipinski definition) is 8. The van der Waals surface area contributed by atoms with E-state index in [4.69, 9.17) is 0 Å². The van der Waals surface area contributed by atoms with Gasteiger partial charge in [-0.15, -0.1) is 0 Å². The fourth-order valence-electron chi connectivity index (χ4n) is 5.30. The standard InChI is InChI=1S/C32H34N6O2/c39-29(14-10-25-8-1-3-18-33-25)21-27-12-16-31(37-35-27)23-6-5-7-24(20-23)32-17-13-28(36-38-32)22-30(40)15-11-26-9-2-4-19-34-26/h1-4,8-9,12-13,16-19,23-24H,5-7,10-11,14-15,20-22H2/t23-,24-/m0/s1. The molecule has 40 heavy (non-hydrogen) atoms. The highest BCUT2D eigenvalue weighted by Crippen LogP contribution is 2.39. The number of hydrogen-bond donors (Lipinski definition) is 0. The monoisotopic (exact) mass is 534 g/mol. The van der Waals surface area contributed by atoms with Gasteiger partial charge in [-0.1, -0.05) is 18.6 Å². The average Bonchev–Trinajstić information content (AvgIpc) is 3.01. The molecule has 0 amide bonds. The van der Waals surface area contributed by atoms with Crippen molar-refractivity contribution in [1.29, 1.82) is 0 Å². The summed E-state index contributed by atoms with van der Waals surface area (Å²) in [6.07, 6.45) is 10.4. The highest BCUT2D eigenvalue weighted by Gasteiger charge is 2.27. The lowest BCUT2D eigenvalue weighted by atomic mass is 9.78. The zero-order chi connectivity index (χ0) is 27.6. The Balaban J connectivity index is 1.10. The molecule has 0 radical (unpaired) electrons. The Morgan fingerprint density at radius 1 is 0.600 bits per heavy atom. The van der Waals surface area contributed by atoms with Crippen molar-refractivity contribution in [3.63, 3.8) is 0 Å². The number of aromatic nitrogens is 6. The van der Waals surface area contributed by atoms with Crippen LogP contribution in [0.4, 0.5) is 0 Å². The van der Waals surface area contributed by atoms with Gasteiger partial charge in [-0.25, -0.2) is 0 Å². The first kappa shape index (κ1) is 27.4. The maximum atomic E-state index is 12.4. The topological polar surface area (TPSA) is 111 Å². The third kappa shape index (κ3) is 7.91. The molecule has 0 bridgehead atoms. The highest BCUT2D eigenvalue weighted by atomic mass is 16.1. The molecule has 4 heterocycles. The second-order valence-electron chi connectivity index (χ2n) is 10.5. The number of nitrogens with zero attached hydrogens (tertiary/aromatic N) is 6. The molecule has 0 aromatic carbocycles. The first-order valence-corrected chi connectivity index (χ1v) is 14.1. The largest absolute Gasteiger partial charge is 0.299 e. The van der Waals surface area contributed by atoms with Crippen molar-refractivity contribution >= 4 is 11.6 Å². The summed E-state index contributed by atoms with van der Waals surface area (Å²) >= 11 is 0. The molecule has 1 saturated carbocycles. The summed E-state index contributed by atoms with van der Waals surface area (Å²) in [5.74, 6) is 0.884. The molecule has 0 saturated heterocycles. The third-order valence-corrected chi connectivity index (χ3v) is 7.52. The van der Waals surface area contributed by atoms with E-state index in [1.807, 2.05) is 60.7 Å². The summed E-state index contributed by atoms with van der Waals surface area (Å²) in [6, 6.07) is 19.4. The molecule has 1 fully saturated rings. The molecule has 5 rings (SSSR count). The summed E-state index contributed by atoms with van der Waals surface area (Å²) in [7, 11) is 0. The lowest BCUT2D eigenvalue weighted by Gasteiger charge is -2.28. The van der Waals surface area contributed by atoms with Crippen LogP contribution >= 0.6 is 0 Å². The second kappa shape index (κ2) is 13.7. The summed E-state index contributed by atoms with van der Waals surface area (Å²) in [4.78, 5) is 33.4. The Bertz CT molecular complexity index is 1270. The molecule has 0 spiro atoms. The molecule has 8 nitrogen and oxygen atoms in total. The number of carbonyl (C=O) groups is 2. The zero-order valence-corrected chi connectivity index (χ0v) is 22.7. The molecular formula is C32H34N6O2. The van der Waals surface area contributed by atoms with Crippen molar-refractivity contribution in [2.24, 2.45) is 0 Å². The fourth-order valence-corrected chi connectivity index (χ4v) is 5.30. The van der Waals surface area contributed by atoms with Crippen LogP contribution < -0.4 is 0 Å². The van der Waals surface area contributed by atoms with Gasteiger partial charge in [0.25, 0.3) is 0 Å². The van der Waals surface area contributed by atoms with Crippen LogP contribution in [0.2, 0.25) is 0 Å². The Morgan fingerprint density at radius 2 is 1.10 bits per heavy atom. The van der Waals surface area contributed by atoms with Crippen LogP contribution in [0.5, 0.6) is 0 Å². The van der Waals surface area contributed by atoms with Gasteiger partial charge in [-0.05, 0) is 80.6 Å². The van der Waals surface area contributed by atoms with Gasteiger partial charge < -0.3 is 0 Å². The van der Waals surface area contributed by atoms with Gasteiger partial charge in [0.1, 0.15) is 11.6 Å². The summed E-state index contributed by atoms with van der Waals surface area (Å²) in [5, 5.41) is 17.7. The van der Waals surface area contributed by atoms with E-state index in [2.05, 4.69) is 30.4 Å². The van der Waals surface area contributed by atoms with Crippen LogP contribution in [0.1, 0.15) is 84.5 Å². The molecule has 4 aromatic rings. The third-order valence-electron chi connectivity index (χ3n) is 7.52. The predicted octanol–water partition coefficient (Wildman–Crippen LogP) is 4.99. The molecule has 4 aromatic heterocycles. The number of carbonyl (C=O) groups excluding carboxylic acids is 2. The SMILES string of the molecule is O=C(CCc1ccccn1)Cc1ccc([C@H]2CCC[C@H](c3ccc(CC(=O)CCc4ccccn4)nn3)C2)nn1. The summed E-state index contributed by atoms with van der Waals surface area (Å²) in [6.45, 7) is 0. The van der Waals surface area contributed by atoms with Gasteiger partial charge in [-0.2, -0.15) is 20.4 Å². The molecular weight excluding hydrogens is 500 g/mol. The molecule has 0 unspecified atom stereocenters. The van der Waals surface area contributed by atoms with Crippen LogP contribution in [0, 0.1) is 0 Å². The van der Waals surface area contributed by atoms with Gasteiger partial charge in [-0.3, -0.25) is 19.6 Å². The normalized spacial score (nSPS) is 16.9. The Kier molecular flexibility index (Phi) is 9.40. The Morgan fingerprint density at radius 3 is 1.50 bits per heavy atom. The van der Waals surface area contributed by atoms with Gasteiger partial charge in [0, 0.05) is 48.5 Å². The number of aryl methyl sites for hydroxylation is 2. The van der Waals surface area contributed by atoms with E-state index >= 15 is 0 Å². The van der Waals surface area contributed by atoms with Crippen molar-refractivity contribution in [2.45, 2.75) is 76.0 Å². The first-order valence-electron chi connectivity index (χ1n) is 14.1. The number of rotatable bonds is 12. The van der Waals surface area contributed by atoms with Gasteiger partial charge in [0.05, 0.1) is 35.6 Å². The van der Waals surface area contributed by atoms with E-state index in [1.54, 1.807) is 12.4 Å². The first-order chi connectivity index (χ1) is 19.6. The number of pyridine rings is 2. The van der Waals surface area contributed by atoms with E-state index in [-0.39, 0.29) is 11.6 Å². The second-order valence-corrected chi connectivity index (χ2v) is 10.5. The van der Waals surface area contributed by atoms with E-state index in [9.17, 15) is 9.59 Å². The zero-order valence-electron chi connectivity index (χ0n) is 22.7. The average molecular weight is 535 g/mol. The lowest BCUT2D eigenvalue weighted by molar-refractivity contribution is -0.119. The minimum atomic E-state index is 0.141. The molecule has 204 valence electrons. The van der Waals surface area contributed by atoms with Crippen molar-refractivity contribution in [3.05, 3.63) is 107 Å². The minimum Gasteiger partial charge on any atom is -0.299 e. The van der Waals surface area contributed by atoms with Gasteiger partial charge in [0.15, 0.2) is 0 Å². The van der Waals surface area contributed by atoms with Crippen LogP contribution in [0.3, 0.4) is 0 Å². The molecule has 2 atom stereocenters.